The summed E-state index contributed by atoms with van der Waals surface area (Å²) in [5.41, 5.74) is 2.73. The molecule has 0 amide bonds. The van der Waals surface area contributed by atoms with Crippen molar-refractivity contribution >= 4 is 15.5 Å². The Morgan fingerprint density at radius 2 is 2.00 bits per heavy atom. The van der Waals surface area contributed by atoms with E-state index >= 15 is 0 Å². The van der Waals surface area contributed by atoms with E-state index in [1.54, 1.807) is 29.1 Å². The minimum atomic E-state index is -3.23. The number of hydrogen-bond acceptors (Lipinski definition) is 4. The van der Waals surface area contributed by atoms with Crippen LogP contribution in [0.5, 0.6) is 0 Å². The third-order valence-electron chi connectivity index (χ3n) is 3.09. The predicted octanol–water partition coefficient (Wildman–Crippen LogP) is 1.74. The van der Waals surface area contributed by atoms with Crippen molar-refractivity contribution in [3.8, 4) is 0 Å². The Morgan fingerprint density at radius 1 is 1.32 bits per heavy atom. The van der Waals surface area contributed by atoms with E-state index < -0.39 is 9.84 Å². The highest BCUT2D eigenvalue weighted by Crippen LogP contribution is 2.21. The van der Waals surface area contributed by atoms with Crippen LogP contribution in [0.15, 0.2) is 35.4 Å². The van der Waals surface area contributed by atoms with Crippen LogP contribution in [0, 0.1) is 6.92 Å². The fraction of sp³-hybridized carbons (Fsp3) is 0.308. The van der Waals surface area contributed by atoms with E-state index in [1.165, 1.54) is 6.26 Å². The number of aryl methyl sites for hydroxylation is 1. The van der Waals surface area contributed by atoms with Gasteiger partial charge in [-0.3, -0.25) is 4.68 Å². The molecule has 0 radical (unpaired) electrons. The van der Waals surface area contributed by atoms with Gasteiger partial charge >= 0.3 is 0 Å². The average Bonchev–Trinajstić information content (AvgIpc) is 2.67. The first-order valence-electron chi connectivity index (χ1n) is 5.90. The lowest BCUT2D eigenvalue weighted by Crippen LogP contribution is -2.06. The Morgan fingerprint density at radius 3 is 2.58 bits per heavy atom. The highest BCUT2D eigenvalue weighted by molar-refractivity contribution is 7.90. The van der Waals surface area contributed by atoms with Gasteiger partial charge in [-0.15, -0.1) is 0 Å². The second kappa shape index (κ2) is 5.05. The fourth-order valence-corrected chi connectivity index (χ4v) is 2.71. The number of anilines is 1. The summed E-state index contributed by atoms with van der Waals surface area (Å²) in [6.45, 7) is 2.53. The number of nitrogens with zero attached hydrogens (tertiary/aromatic N) is 2. The lowest BCUT2D eigenvalue weighted by atomic mass is 10.2. The van der Waals surface area contributed by atoms with Crippen molar-refractivity contribution in [1.82, 2.24) is 9.78 Å². The molecule has 0 spiro atoms. The van der Waals surface area contributed by atoms with Crippen molar-refractivity contribution in [3.63, 3.8) is 0 Å². The standard InChI is InChI=1S/C13H17N3O2S/c1-10-11(9-15-16(10)2)8-14-12-6-4-5-7-13(12)19(3,17)18/h4-7,9,14H,8H2,1-3H3. The molecule has 0 aliphatic carbocycles. The minimum Gasteiger partial charge on any atom is -0.380 e. The van der Waals surface area contributed by atoms with E-state index in [0.717, 1.165) is 11.3 Å². The topological polar surface area (TPSA) is 64.0 Å². The van der Waals surface area contributed by atoms with Gasteiger partial charge in [0.2, 0.25) is 0 Å². The summed E-state index contributed by atoms with van der Waals surface area (Å²) in [6.07, 6.45) is 2.99. The van der Waals surface area contributed by atoms with E-state index in [-0.39, 0.29) is 0 Å². The largest absolute Gasteiger partial charge is 0.380 e. The van der Waals surface area contributed by atoms with Crippen LogP contribution in [0.1, 0.15) is 11.3 Å². The van der Waals surface area contributed by atoms with Gasteiger partial charge in [-0.1, -0.05) is 12.1 Å². The quantitative estimate of drug-likeness (QED) is 0.926. The van der Waals surface area contributed by atoms with Crippen LogP contribution in [-0.4, -0.2) is 24.5 Å². The van der Waals surface area contributed by atoms with Gasteiger partial charge < -0.3 is 5.32 Å². The zero-order chi connectivity index (χ0) is 14.0. The molecule has 2 aromatic rings. The molecule has 0 unspecified atom stereocenters. The molecule has 102 valence electrons. The summed E-state index contributed by atoms with van der Waals surface area (Å²) in [5.74, 6) is 0. The smallest absolute Gasteiger partial charge is 0.177 e. The second-order valence-corrected chi connectivity index (χ2v) is 6.48. The normalized spacial score (nSPS) is 11.5. The monoisotopic (exact) mass is 279 g/mol. The molecule has 6 heteroatoms. The van der Waals surface area contributed by atoms with Crippen LogP contribution in [-0.2, 0) is 23.4 Å². The van der Waals surface area contributed by atoms with E-state index in [9.17, 15) is 8.42 Å². The maximum atomic E-state index is 11.7. The summed E-state index contributed by atoms with van der Waals surface area (Å²) >= 11 is 0. The zero-order valence-electron chi connectivity index (χ0n) is 11.2. The fourth-order valence-electron chi connectivity index (χ4n) is 1.84. The van der Waals surface area contributed by atoms with Gasteiger partial charge in [-0.05, 0) is 19.1 Å². The van der Waals surface area contributed by atoms with Crippen molar-refractivity contribution in [3.05, 3.63) is 41.7 Å². The third-order valence-corrected chi connectivity index (χ3v) is 4.25. The first-order chi connectivity index (χ1) is 8.89. The highest BCUT2D eigenvalue weighted by Gasteiger charge is 2.12. The first kappa shape index (κ1) is 13.6. The number of nitrogens with one attached hydrogen (secondary N) is 1. The lowest BCUT2D eigenvalue weighted by Gasteiger charge is -2.10. The SMILES string of the molecule is Cc1c(CNc2ccccc2S(C)(=O)=O)cnn1C. The number of aromatic nitrogens is 2. The van der Waals surface area contributed by atoms with Crippen molar-refractivity contribution in [2.24, 2.45) is 7.05 Å². The number of para-hydroxylation sites is 1. The summed E-state index contributed by atoms with van der Waals surface area (Å²) in [5, 5.41) is 7.32. The predicted molar refractivity (Wildman–Crippen MR) is 74.8 cm³/mol. The molecule has 1 aromatic heterocycles. The van der Waals surface area contributed by atoms with Crippen LogP contribution < -0.4 is 5.32 Å². The molecule has 0 bridgehead atoms. The Bertz CT molecular complexity index is 690. The van der Waals surface area contributed by atoms with Crippen LogP contribution in [0.2, 0.25) is 0 Å². The number of sulfone groups is 1. The summed E-state index contributed by atoms with van der Waals surface area (Å²) in [6, 6.07) is 6.90. The van der Waals surface area contributed by atoms with Crippen LogP contribution >= 0.6 is 0 Å². The molecule has 1 heterocycles. The van der Waals surface area contributed by atoms with Crippen LogP contribution in [0.25, 0.3) is 0 Å². The summed E-state index contributed by atoms with van der Waals surface area (Å²) in [7, 11) is -1.35. The van der Waals surface area contributed by atoms with Crippen LogP contribution in [0.3, 0.4) is 0 Å². The minimum absolute atomic E-state index is 0.316. The van der Waals surface area contributed by atoms with Crippen LogP contribution in [0.4, 0.5) is 5.69 Å². The molecule has 0 aliphatic rings. The zero-order valence-corrected chi connectivity index (χ0v) is 12.0. The average molecular weight is 279 g/mol. The van der Waals surface area contributed by atoms with Crippen molar-refractivity contribution in [2.45, 2.75) is 18.4 Å². The van der Waals surface area contributed by atoms with Crippen molar-refractivity contribution in [2.75, 3.05) is 11.6 Å². The van der Waals surface area contributed by atoms with E-state index in [2.05, 4.69) is 10.4 Å². The van der Waals surface area contributed by atoms with E-state index in [0.29, 0.717) is 17.1 Å². The molecule has 0 fully saturated rings. The second-order valence-electron chi connectivity index (χ2n) is 4.50. The van der Waals surface area contributed by atoms with Gasteiger partial charge in [0.15, 0.2) is 9.84 Å². The maximum Gasteiger partial charge on any atom is 0.177 e. The van der Waals surface area contributed by atoms with Gasteiger partial charge in [0.05, 0.1) is 16.8 Å². The van der Waals surface area contributed by atoms with Gasteiger partial charge in [-0.2, -0.15) is 5.10 Å². The maximum absolute atomic E-state index is 11.7. The molecule has 19 heavy (non-hydrogen) atoms. The molecule has 1 N–H and O–H groups in total. The molecule has 2 rings (SSSR count). The Kier molecular flexibility index (Phi) is 3.61. The first-order valence-corrected chi connectivity index (χ1v) is 7.79. The van der Waals surface area contributed by atoms with E-state index in [1.807, 2.05) is 20.0 Å². The lowest BCUT2D eigenvalue weighted by molar-refractivity contribution is 0.602. The summed E-state index contributed by atoms with van der Waals surface area (Å²) in [4.78, 5) is 0.316. The molecule has 5 nitrogen and oxygen atoms in total. The Balaban J connectivity index is 2.23. The van der Waals surface area contributed by atoms with Gasteiger partial charge in [0.1, 0.15) is 0 Å². The number of benzene rings is 1. The molecular weight excluding hydrogens is 262 g/mol. The summed E-state index contributed by atoms with van der Waals surface area (Å²) < 4.78 is 25.2. The molecule has 0 saturated carbocycles. The Hall–Kier alpha value is -1.82. The Labute approximate surface area is 113 Å². The van der Waals surface area contributed by atoms with E-state index in [4.69, 9.17) is 0 Å². The third kappa shape index (κ3) is 2.96. The highest BCUT2D eigenvalue weighted by atomic mass is 32.2. The molecule has 0 atom stereocenters. The number of hydrogen-bond donors (Lipinski definition) is 1. The number of rotatable bonds is 4. The van der Waals surface area contributed by atoms with Crippen molar-refractivity contribution in [1.29, 1.82) is 0 Å². The van der Waals surface area contributed by atoms with Gasteiger partial charge in [-0.25, -0.2) is 8.42 Å². The van der Waals surface area contributed by atoms with Gasteiger partial charge in [0, 0.05) is 31.1 Å². The molecule has 0 aliphatic heterocycles. The molecule has 0 saturated heterocycles. The molecular formula is C13H17N3O2S. The molecule has 1 aromatic carbocycles. The van der Waals surface area contributed by atoms with Gasteiger partial charge in [0.25, 0.3) is 0 Å². The van der Waals surface area contributed by atoms with Crippen molar-refractivity contribution < 1.29 is 8.42 Å².